The second kappa shape index (κ2) is 7.67. The standard InChI is InChI=1S/C17H24N6O5S/c1-4-5-29-16-19-14(18)11-15(20-16)23(22-21-11)8-6-9(26-7-10(24)25)13-12(8)27-17(2,3)28-13/h8-9,12-13H,4-7H2,1-3H3,(H,24,25)(H2,18,19,20). The molecule has 0 spiro atoms. The molecule has 3 N–H and O–H groups in total. The summed E-state index contributed by atoms with van der Waals surface area (Å²) in [6, 6.07) is -0.288. The SMILES string of the molecule is CCCSc1nc(N)c2nnn(C3CC(OCC(=O)O)C4OC(C)(C)OC43)c2n1. The Balaban J connectivity index is 1.68. The molecule has 12 heteroatoms. The number of nitrogen functional groups attached to an aromatic ring is 1. The predicted molar refractivity (Wildman–Crippen MR) is 103 cm³/mol. The lowest BCUT2D eigenvalue weighted by molar-refractivity contribution is -0.173. The van der Waals surface area contributed by atoms with Gasteiger partial charge in [0.25, 0.3) is 0 Å². The van der Waals surface area contributed by atoms with Crippen molar-refractivity contribution in [3.05, 3.63) is 0 Å². The Bertz CT molecular complexity index is 921. The Hall–Kier alpha value is -2.02. The molecule has 4 unspecified atom stereocenters. The van der Waals surface area contributed by atoms with Crippen LogP contribution in [0.3, 0.4) is 0 Å². The second-order valence-corrected chi connectivity index (χ2v) is 8.62. The van der Waals surface area contributed by atoms with E-state index in [0.29, 0.717) is 22.7 Å². The third kappa shape index (κ3) is 3.89. The van der Waals surface area contributed by atoms with E-state index in [-0.39, 0.29) is 18.0 Å². The van der Waals surface area contributed by atoms with Crippen molar-refractivity contribution in [2.24, 2.45) is 0 Å². The van der Waals surface area contributed by atoms with Gasteiger partial charge >= 0.3 is 5.97 Å². The Labute approximate surface area is 171 Å². The van der Waals surface area contributed by atoms with Crippen LogP contribution in [0.4, 0.5) is 5.82 Å². The maximum atomic E-state index is 11.0. The highest BCUT2D eigenvalue weighted by Gasteiger charge is 2.56. The van der Waals surface area contributed by atoms with Crippen molar-refractivity contribution in [3.8, 4) is 0 Å². The van der Waals surface area contributed by atoms with E-state index >= 15 is 0 Å². The molecule has 2 aromatic rings. The van der Waals surface area contributed by atoms with Gasteiger partial charge in [0.1, 0.15) is 18.8 Å². The monoisotopic (exact) mass is 424 g/mol. The van der Waals surface area contributed by atoms with Gasteiger partial charge in [-0.15, -0.1) is 5.10 Å². The average Bonchev–Trinajstić information content (AvgIpc) is 3.29. The van der Waals surface area contributed by atoms with Gasteiger partial charge in [-0.05, 0) is 20.3 Å². The van der Waals surface area contributed by atoms with Gasteiger partial charge in [-0.2, -0.15) is 0 Å². The van der Waals surface area contributed by atoms with E-state index in [1.54, 1.807) is 4.68 Å². The molecule has 3 heterocycles. The fraction of sp³-hybridized carbons (Fsp3) is 0.706. The predicted octanol–water partition coefficient (Wildman–Crippen LogP) is 1.24. The number of aromatic nitrogens is 5. The maximum absolute atomic E-state index is 11.0. The minimum absolute atomic E-state index is 0.275. The zero-order chi connectivity index (χ0) is 20.8. The number of nitrogens with zero attached hydrogens (tertiary/aromatic N) is 5. The van der Waals surface area contributed by atoms with Gasteiger partial charge in [0.15, 0.2) is 27.9 Å². The number of thioether (sulfide) groups is 1. The molecule has 1 aliphatic carbocycles. The number of carboxylic acids is 1. The summed E-state index contributed by atoms with van der Waals surface area (Å²) in [4.78, 5) is 19.9. The molecule has 11 nitrogen and oxygen atoms in total. The van der Waals surface area contributed by atoms with Crippen LogP contribution in [0, 0.1) is 0 Å². The van der Waals surface area contributed by atoms with Crippen molar-refractivity contribution < 1.29 is 24.1 Å². The van der Waals surface area contributed by atoms with Gasteiger partial charge in [-0.25, -0.2) is 19.4 Å². The van der Waals surface area contributed by atoms with E-state index in [0.717, 1.165) is 12.2 Å². The molecule has 2 fully saturated rings. The Morgan fingerprint density at radius 1 is 1.38 bits per heavy atom. The molecule has 29 heavy (non-hydrogen) atoms. The minimum atomic E-state index is -1.03. The smallest absolute Gasteiger partial charge is 0.329 e. The molecular formula is C17H24N6O5S. The first-order valence-corrected chi connectivity index (χ1v) is 10.5. The number of ether oxygens (including phenoxy) is 3. The van der Waals surface area contributed by atoms with Crippen LogP contribution in [0.2, 0.25) is 0 Å². The third-order valence-corrected chi connectivity index (χ3v) is 5.94. The van der Waals surface area contributed by atoms with Gasteiger partial charge < -0.3 is 25.1 Å². The molecule has 0 amide bonds. The van der Waals surface area contributed by atoms with Crippen LogP contribution in [-0.4, -0.2) is 72.5 Å². The van der Waals surface area contributed by atoms with Crippen LogP contribution in [-0.2, 0) is 19.0 Å². The van der Waals surface area contributed by atoms with Gasteiger partial charge in [0, 0.05) is 12.2 Å². The van der Waals surface area contributed by atoms with Crippen molar-refractivity contribution in [1.29, 1.82) is 0 Å². The molecule has 4 rings (SSSR count). The van der Waals surface area contributed by atoms with Crippen LogP contribution in [0.25, 0.3) is 11.2 Å². The molecule has 1 aliphatic heterocycles. The molecule has 2 aliphatic rings. The molecule has 4 atom stereocenters. The van der Waals surface area contributed by atoms with E-state index in [2.05, 4.69) is 27.2 Å². The summed E-state index contributed by atoms with van der Waals surface area (Å²) in [7, 11) is 0. The van der Waals surface area contributed by atoms with Crippen LogP contribution in [0.5, 0.6) is 0 Å². The molecule has 0 aromatic carbocycles. The summed E-state index contributed by atoms with van der Waals surface area (Å²) in [6.07, 6.45) is 0.200. The van der Waals surface area contributed by atoms with E-state index < -0.39 is 30.6 Å². The van der Waals surface area contributed by atoms with Gasteiger partial charge in [-0.1, -0.05) is 23.9 Å². The summed E-state index contributed by atoms with van der Waals surface area (Å²) in [6.45, 7) is 5.30. The summed E-state index contributed by atoms with van der Waals surface area (Å²) in [5.74, 6) is -0.702. The summed E-state index contributed by atoms with van der Waals surface area (Å²) < 4.78 is 19.4. The van der Waals surface area contributed by atoms with E-state index in [9.17, 15) is 4.79 Å². The first-order chi connectivity index (χ1) is 13.8. The molecule has 0 radical (unpaired) electrons. The summed E-state index contributed by atoms with van der Waals surface area (Å²) in [5, 5.41) is 18.0. The maximum Gasteiger partial charge on any atom is 0.329 e. The number of rotatable bonds is 7. The number of anilines is 1. The quantitative estimate of drug-likeness (QED) is 0.488. The van der Waals surface area contributed by atoms with Gasteiger partial charge in [-0.3, -0.25) is 0 Å². The zero-order valence-electron chi connectivity index (χ0n) is 16.4. The topological polar surface area (TPSA) is 148 Å². The van der Waals surface area contributed by atoms with Crippen molar-refractivity contribution in [2.75, 3.05) is 18.1 Å². The van der Waals surface area contributed by atoms with Gasteiger partial charge in [0.05, 0.1) is 12.1 Å². The molecule has 158 valence electrons. The summed E-state index contributed by atoms with van der Waals surface area (Å²) in [5.41, 5.74) is 7.02. The van der Waals surface area contributed by atoms with E-state index in [1.807, 2.05) is 13.8 Å². The molecule has 2 aromatic heterocycles. The zero-order valence-corrected chi connectivity index (χ0v) is 17.3. The van der Waals surface area contributed by atoms with E-state index in [4.69, 9.17) is 25.1 Å². The largest absolute Gasteiger partial charge is 0.480 e. The van der Waals surface area contributed by atoms with Crippen molar-refractivity contribution in [2.45, 2.75) is 68.9 Å². The minimum Gasteiger partial charge on any atom is -0.480 e. The number of hydrogen-bond acceptors (Lipinski definition) is 10. The number of nitrogens with two attached hydrogens (primary N) is 1. The van der Waals surface area contributed by atoms with Gasteiger partial charge in [0.2, 0.25) is 0 Å². The molecule has 0 bridgehead atoms. The lowest BCUT2D eigenvalue weighted by atomic mass is 10.2. The highest BCUT2D eigenvalue weighted by Crippen LogP contribution is 2.45. The van der Waals surface area contributed by atoms with Crippen LogP contribution in [0.15, 0.2) is 5.16 Å². The number of fused-ring (bicyclic) bond motifs is 2. The molecule has 1 saturated heterocycles. The first kappa shape index (κ1) is 20.3. The van der Waals surface area contributed by atoms with Crippen LogP contribution >= 0.6 is 11.8 Å². The highest BCUT2D eigenvalue weighted by molar-refractivity contribution is 7.99. The average molecular weight is 424 g/mol. The Kier molecular flexibility index (Phi) is 5.36. The molecule has 1 saturated carbocycles. The normalized spacial score (nSPS) is 28.1. The third-order valence-electron chi connectivity index (χ3n) is 4.88. The summed E-state index contributed by atoms with van der Waals surface area (Å²) >= 11 is 1.52. The van der Waals surface area contributed by atoms with Crippen molar-refractivity contribution in [1.82, 2.24) is 25.0 Å². The number of carboxylic acid groups (broad SMARTS) is 1. The fourth-order valence-corrected chi connectivity index (χ4v) is 4.50. The van der Waals surface area contributed by atoms with Crippen molar-refractivity contribution in [3.63, 3.8) is 0 Å². The highest BCUT2D eigenvalue weighted by atomic mass is 32.2. The second-order valence-electron chi connectivity index (χ2n) is 7.56. The van der Waals surface area contributed by atoms with Crippen LogP contribution in [0.1, 0.15) is 39.7 Å². The van der Waals surface area contributed by atoms with Crippen molar-refractivity contribution >= 4 is 34.7 Å². The number of carbonyl (C=O) groups is 1. The van der Waals surface area contributed by atoms with E-state index in [1.165, 1.54) is 11.8 Å². The Morgan fingerprint density at radius 2 is 2.14 bits per heavy atom. The van der Waals surface area contributed by atoms with Crippen LogP contribution < -0.4 is 5.73 Å². The first-order valence-electron chi connectivity index (χ1n) is 9.49. The lowest BCUT2D eigenvalue weighted by Crippen LogP contribution is -2.32. The Morgan fingerprint density at radius 3 is 2.86 bits per heavy atom. The fourth-order valence-electron chi connectivity index (χ4n) is 3.80. The molecular weight excluding hydrogens is 400 g/mol. The number of hydrogen-bond donors (Lipinski definition) is 2. The lowest BCUT2D eigenvalue weighted by Gasteiger charge is -2.23. The number of aliphatic carboxylic acids is 1.